The van der Waals surface area contributed by atoms with E-state index in [2.05, 4.69) is 107 Å². The van der Waals surface area contributed by atoms with E-state index in [0.717, 1.165) is 50.0 Å². The number of aromatic nitrogens is 2. The molecule has 5 heteroatoms. The maximum Gasteiger partial charge on any atom is 0.121 e. The molecule has 0 bridgehead atoms. The van der Waals surface area contributed by atoms with Crippen LogP contribution in [-0.4, -0.2) is 23.2 Å². The molecule has 3 nitrogen and oxygen atoms in total. The molecule has 0 amide bonds. The van der Waals surface area contributed by atoms with Crippen molar-refractivity contribution in [2.75, 3.05) is 0 Å². The van der Waals surface area contributed by atoms with Crippen molar-refractivity contribution in [3.63, 3.8) is 0 Å². The smallest absolute Gasteiger partial charge is 0.121 e. The van der Waals surface area contributed by atoms with Gasteiger partial charge in [-0.25, -0.2) is 0 Å². The van der Waals surface area contributed by atoms with Gasteiger partial charge in [0.25, 0.3) is 0 Å². The summed E-state index contributed by atoms with van der Waals surface area (Å²) < 4.78 is 7.67. The van der Waals surface area contributed by atoms with E-state index in [1.807, 2.05) is 54.7 Å². The molecule has 1 radical (unpaired) electrons. The van der Waals surface area contributed by atoms with Crippen LogP contribution in [0.15, 0.2) is 126 Å². The van der Waals surface area contributed by atoms with E-state index in [1.54, 1.807) is 6.20 Å². The molecule has 0 aliphatic rings. The van der Waals surface area contributed by atoms with Gasteiger partial charge in [-0.3, -0.25) is 0 Å². The van der Waals surface area contributed by atoms with Gasteiger partial charge in [0, 0.05) is 31.7 Å². The number of rotatable bonds is 4. The maximum atomic E-state index is 6.23. The monoisotopic (exact) mass is 799 g/mol. The van der Waals surface area contributed by atoms with Gasteiger partial charge in [0.2, 0.25) is 0 Å². The van der Waals surface area contributed by atoms with Crippen LogP contribution >= 0.6 is 0 Å². The summed E-state index contributed by atoms with van der Waals surface area (Å²) in [5, 5.41) is 2.20. The SMILES string of the molecule is Cc1c[c-]c(-c2cc[c]([Ge]([CH3])([CH3])[CH3])cn2)cc1.[Ir].[c-]1ccc2c(oc3cc(-c4ccccc4)ccc32)c1-c1ccccn1. The van der Waals surface area contributed by atoms with Gasteiger partial charge in [-0.15, -0.1) is 18.2 Å². The Bertz CT molecular complexity index is 1940. The van der Waals surface area contributed by atoms with Gasteiger partial charge < -0.3 is 9.40 Å². The van der Waals surface area contributed by atoms with Crippen LogP contribution in [0.5, 0.6) is 0 Å². The van der Waals surface area contributed by atoms with E-state index >= 15 is 0 Å². The molecule has 0 N–H and O–H groups in total. The maximum absolute atomic E-state index is 6.23. The fourth-order valence-electron chi connectivity index (χ4n) is 4.91. The molecule has 4 aromatic carbocycles. The molecule has 0 aliphatic carbocycles. The van der Waals surface area contributed by atoms with Crippen LogP contribution in [-0.2, 0) is 20.1 Å². The summed E-state index contributed by atoms with van der Waals surface area (Å²) in [5.74, 6) is 7.15. The van der Waals surface area contributed by atoms with E-state index in [1.165, 1.54) is 15.5 Å². The summed E-state index contributed by atoms with van der Waals surface area (Å²) in [6.07, 6.45) is 3.83. The first kappa shape index (κ1) is 30.6. The first-order valence-electron chi connectivity index (χ1n) is 14.2. The minimum atomic E-state index is -1.73. The molecule has 215 valence electrons. The van der Waals surface area contributed by atoms with Crippen LogP contribution in [0.4, 0.5) is 0 Å². The van der Waals surface area contributed by atoms with E-state index in [4.69, 9.17) is 4.42 Å². The molecule has 0 unspecified atom stereocenters. The van der Waals surface area contributed by atoms with Crippen molar-refractivity contribution < 1.29 is 24.5 Å². The van der Waals surface area contributed by atoms with Crippen molar-refractivity contribution in [1.29, 1.82) is 0 Å². The van der Waals surface area contributed by atoms with Crippen LogP contribution in [0, 0.1) is 19.1 Å². The van der Waals surface area contributed by atoms with Crippen molar-refractivity contribution in [2.45, 2.75) is 24.2 Å². The van der Waals surface area contributed by atoms with Crippen molar-refractivity contribution in [2.24, 2.45) is 0 Å². The molecule has 0 saturated carbocycles. The Morgan fingerprint density at radius 3 is 2.19 bits per heavy atom. The zero-order valence-electron chi connectivity index (χ0n) is 24.7. The zero-order chi connectivity index (χ0) is 29.1. The zero-order valence-corrected chi connectivity index (χ0v) is 29.2. The van der Waals surface area contributed by atoms with Crippen LogP contribution in [0.25, 0.3) is 55.6 Å². The number of hydrogen-bond donors (Lipinski definition) is 0. The van der Waals surface area contributed by atoms with E-state index in [9.17, 15) is 0 Å². The largest absolute Gasteiger partial charge is 0.501 e. The molecule has 43 heavy (non-hydrogen) atoms. The number of hydrogen-bond acceptors (Lipinski definition) is 3. The molecule has 0 fully saturated rings. The normalized spacial score (nSPS) is 11.1. The molecule has 7 rings (SSSR count). The minimum absolute atomic E-state index is 0. The molecule has 3 heterocycles. The Morgan fingerprint density at radius 1 is 0.698 bits per heavy atom. The summed E-state index contributed by atoms with van der Waals surface area (Å²) in [6.45, 7) is 2.07. The number of fused-ring (bicyclic) bond motifs is 3. The number of furan rings is 1. The summed E-state index contributed by atoms with van der Waals surface area (Å²) >= 11 is -1.73. The molecule has 7 aromatic rings. The first-order valence-corrected chi connectivity index (χ1v) is 21.5. The average Bonchev–Trinajstić information content (AvgIpc) is 3.40. The molecule has 3 aromatic heterocycles. The third kappa shape index (κ3) is 6.88. The van der Waals surface area contributed by atoms with Gasteiger partial charge in [0.05, 0.1) is 5.58 Å². The Morgan fingerprint density at radius 2 is 1.51 bits per heavy atom. The molecule has 0 atom stereocenters. The van der Waals surface area contributed by atoms with Crippen LogP contribution in [0.3, 0.4) is 0 Å². The Kier molecular flexibility index (Phi) is 9.41. The third-order valence-electron chi connectivity index (χ3n) is 7.34. The second-order valence-electron chi connectivity index (χ2n) is 11.5. The first-order chi connectivity index (χ1) is 20.4. The van der Waals surface area contributed by atoms with Gasteiger partial charge >= 0.3 is 106 Å². The second-order valence-corrected chi connectivity index (χ2v) is 22.1. The fourth-order valence-corrected chi connectivity index (χ4v) is 7.08. The summed E-state index contributed by atoms with van der Waals surface area (Å²) in [7, 11) is 0. The van der Waals surface area contributed by atoms with E-state index in [-0.39, 0.29) is 20.1 Å². The number of pyridine rings is 2. The van der Waals surface area contributed by atoms with E-state index < -0.39 is 13.3 Å². The Hall–Kier alpha value is -3.83. The Labute approximate surface area is 269 Å². The Balaban J connectivity index is 0.000000180. The number of nitrogens with zero attached hydrogens (tertiary/aromatic N) is 2. The van der Waals surface area contributed by atoms with Gasteiger partial charge in [-0.2, -0.15) is 0 Å². The summed E-state index contributed by atoms with van der Waals surface area (Å²) in [6, 6.07) is 43.7. The molecule has 0 spiro atoms. The molecular weight excluding hydrogens is 765 g/mol. The molecule has 0 aliphatic heterocycles. The number of benzene rings is 4. The molecule has 0 saturated heterocycles. The van der Waals surface area contributed by atoms with Gasteiger partial charge in [0.15, 0.2) is 0 Å². The van der Waals surface area contributed by atoms with Crippen molar-refractivity contribution in [3.05, 3.63) is 139 Å². The average molecular weight is 798 g/mol. The predicted octanol–water partition coefficient (Wildman–Crippen LogP) is 9.52. The van der Waals surface area contributed by atoms with Crippen LogP contribution < -0.4 is 4.40 Å². The second kappa shape index (κ2) is 13.2. The van der Waals surface area contributed by atoms with E-state index in [0.29, 0.717) is 0 Å². The summed E-state index contributed by atoms with van der Waals surface area (Å²) in [5.41, 5.74) is 9.14. The fraction of sp³-hybridized carbons (Fsp3) is 0.105. The van der Waals surface area contributed by atoms with Crippen molar-refractivity contribution >= 4 is 39.6 Å². The standard InChI is InChI=1S/C23H14NO.C15H18GeN.Ir/c1-2-7-16(8-3-1)17-12-13-18-19-9-6-10-20(21-11-4-5-14-24-21)23(19)25-22(18)15-17;1-12-5-7-13(8-6-12)15-10-9-14(11-17-15)16(2,3)4;/h1-9,11-15H;5-7,9-11H,1-4H3;/q2*-1;. The third-order valence-corrected chi connectivity index (χ3v) is 11.6. The van der Waals surface area contributed by atoms with Crippen molar-refractivity contribution in [1.82, 2.24) is 9.97 Å². The predicted molar refractivity (Wildman–Crippen MR) is 177 cm³/mol. The van der Waals surface area contributed by atoms with Crippen LogP contribution in [0.2, 0.25) is 17.3 Å². The van der Waals surface area contributed by atoms with Crippen molar-refractivity contribution in [3.8, 4) is 33.6 Å². The minimum Gasteiger partial charge on any atom is -0.501 e. The summed E-state index contributed by atoms with van der Waals surface area (Å²) in [4.78, 5) is 9.00. The number of aryl methyl sites for hydroxylation is 1. The van der Waals surface area contributed by atoms with Gasteiger partial charge in [0.1, 0.15) is 5.58 Å². The molecular formula is C38H32GeIrN2O-2. The van der Waals surface area contributed by atoms with Gasteiger partial charge in [-0.05, 0) is 29.0 Å². The quantitative estimate of drug-likeness (QED) is 0.132. The van der Waals surface area contributed by atoms with Crippen LogP contribution in [0.1, 0.15) is 5.56 Å². The van der Waals surface area contributed by atoms with Gasteiger partial charge in [-0.1, -0.05) is 65.5 Å². The topological polar surface area (TPSA) is 38.9 Å².